The number of likely N-dealkylation sites (tertiary alicyclic amines) is 1. The second-order valence-electron chi connectivity index (χ2n) is 13.5. The highest BCUT2D eigenvalue weighted by atomic mass is 19.1. The largest absolute Gasteiger partial charge is 0.460 e. The SMILES string of the molecule is CC1=C\[C@@H](O)C[C@@H](F)Cc2nc(co2)C(=O)N2CCC[C@@H]2C(=O)O[C@H]([C@@H](C)CN2CCC(N(C)C)CC2)[C@H](C)/C=C/C(=O)NC\C=C\1. The molecule has 0 unspecified atom stereocenters. The molecule has 6 atom stereocenters. The van der Waals surface area contributed by atoms with Crippen molar-refractivity contribution < 1.29 is 33.0 Å². The van der Waals surface area contributed by atoms with Gasteiger partial charge in [0.2, 0.25) is 5.91 Å². The molecule has 3 aliphatic heterocycles. The summed E-state index contributed by atoms with van der Waals surface area (Å²) in [5.41, 5.74) is 0.718. The van der Waals surface area contributed by atoms with E-state index in [1.165, 1.54) is 17.2 Å². The average molecular weight is 658 g/mol. The number of aliphatic hydroxyl groups is 1. The summed E-state index contributed by atoms with van der Waals surface area (Å²) in [6.45, 7) is 9.04. The number of fused-ring (bicyclic) bond motifs is 3. The van der Waals surface area contributed by atoms with E-state index >= 15 is 0 Å². The van der Waals surface area contributed by atoms with Gasteiger partial charge in [-0.15, -0.1) is 0 Å². The van der Waals surface area contributed by atoms with Crippen LogP contribution in [0.25, 0.3) is 0 Å². The van der Waals surface area contributed by atoms with Crippen molar-refractivity contribution in [3.63, 3.8) is 0 Å². The molecule has 0 radical (unpaired) electrons. The summed E-state index contributed by atoms with van der Waals surface area (Å²) in [4.78, 5) is 50.2. The van der Waals surface area contributed by atoms with Gasteiger partial charge in [0.15, 0.2) is 11.6 Å². The fraction of sp³-hybridized carbons (Fsp3) is 0.657. The first-order valence-corrected chi connectivity index (χ1v) is 16.9. The number of alkyl halides is 1. The van der Waals surface area contributed by atoms with Gasteiger partial charge < -0.3 is 34.3 Å². The first-order valence-electron chi connectivity index (χ1n) is 16.9. The smallest absolute Gasteiger partial charge is 0.329 e. The summed E-state index contributed by atoms with van der Waals surface area (Å²) in [6.07, 6.45) is 9.27. The highest BCUT2D eigenvalue weighted by Crippen LogP contribution is 2.27. The van der Waals surface area contributed by atoms with Crippen LogP contribution < -0.4 is 5.32 Å². The zero-order valence-electron chi connectivity index (χ0n) is 28.4. The molecule has 2 fully saturated rings. The van der Waals surface area contributed by atoms with Crippen LogP contribution in [-0.2, 0) is 20.7 Å². The van der Waals surface area contributed by atoms with Crippen LogP contribution in [0.15, 0.2) is 46.6 Å². The van der Waals surface area contributed by atoms with E-state index < -0.39 is 36.3 Å². The quantitative estimate of drug-likeness (QED) is 0.469. The number of amides is 2. The van der Waals surface area contributed by atoms with Crippen molar-refractivity contribution in [2.75, 3.05) is 46.8 Å². The van der Waals surface area contributed by atoms with Gasteiger partial charge >= 0.3 is 5.97 Å². The predicted molar refractivity (Wildman–Crippen MR) is 176 cm³/mol. The van der Waals surface area contributed by atoms with Crippen molar-refractivity contribution >= 4 is 17.8 Å². The number of ether oxygens (including phenoxy) is 1. The van der Waals surface area contributed by atoms with Crippen molar-refractivity contribution in [2.45, 2.75) is 89.8 Å². The number of hydrogen-bond acceptors (Lipinski definition) is 9. The zero-order valence-corrected chi connectivity index (χ0v) is 28.4. The molecule has 4 rings (SSSR count). The number of carbonyl (C=O) groups excluding carboxylic acids is 3. The van der Waals surface area contributed by atoms with Crippen LogP contribution in [0.5, 0.6) is 0 Å². The van der Waals surface area contributed by atoms with E-state index in [2.05, 4.69) is 41.1 Å². The third-order valence-corrected chi connectivity index (χ3v) is 9.40. The van der Waals surface area contributed by atoms with E-state index in [4.69, 9.17) is 9.15 Å². The van der Waals surface area contributed by atoms with E-state index in [9.17, 15) is 23.9 Å². The van der Waals surface area contributed by atoms with Crippen LogP contribution in [0, 0.1) is 11.8 Å². The third kappa shape index (κ3) is 10.6. The molecule has 260 valence electrons. The maximum Gasteiger partial charge on any atom is 0.329 e. The lowest BCUT2D eigenvalue weighted by molar-refractivity contribution is -0.158. The van der Waals surface area contributed by atoms with Crippen molar-refractivity contribution in [3.8, 4) is 0 Å². The number of carbonyl (C=O) groups is 3. The molecule has 47 heavy (non-hydrogen) atoms. The minimum absolute atomic E-state index is 0.0000706. The molecule has 1 aromatic heterocycles. The number of esters is 1. The highest BCUT2D eigenvalue weighted by Gasteiger charge is 2.39. The number of aromatic nitrogens is 1. The Kier molecular flexibility index (Phi) is 13.3. The molecule has 1 aromatic rings. The van der Waals surface area contributed by atoms with Crippen LogP contribution in [0.1, 0.15) is 69.3 Å². The van der Waals surface area contributed by atoms with E-state index in [1.54, 1.807) is 31.2 Å². The van der Waals surface area contributed by atoms with Crippen molar-refractivity contribution in [2.24, 2.45) is 11.8 Å². The fourth-order valence-corrected chi connectivity index (χ4v) is 6.76. The summed E-state index contributed by atoms with van der Waals surface area (Å²) in [7, 11) is 4.22. The predicted octanol–water partition coefficient (Wildman–Crippen LogP) is 3.31. The topological polar surface area (TPSA) is 128 Å². The highest BCUT2D eigenvalue weighted by molar-refractivity contribution is 5.95. The van der Waals surface area contributed by atoms with Gasteiger partial charge in [-0.25, -0.2) is 14.2 Å². The van der Waals surface area contributed by atoms with Gasteiger partial charge in [-0.3, -0.25) is 9.59 Å². The van der Waals surface area contributed by atoms with E-state index in [-0.39, 0.29) is 48.7 Å². The standard InChI is InChI=1S/C35H52FN5O6/c1-23-8-6-14-37-31(43)11-10-24(2)33(25(3)21-40-16-12-27(13-17-40)39(4)5)47-35(45)30-9-7-15-41(30)34(44)29-22-46-32(38-29)20-26(36)19-28(42)18-23/h6,8,10-11,18,22,24-28,30,33,42H,7,9,12-17,19-21H2,1-5H3,(H,37,43)/b8-6+,11-10+,23-18+/t24-,25+,26-,28-,30-,33+/m1/s1. The molecule has 0 aromatic carbocycles. The number of hydrogen-bond donors (Lipinski definition) is 2. The number of oxazole rings is 1. The molecule has 0 spiro atoms. The molecule has 0 aliphatic carbocycles. The number of nitrogens with zero attached hydrogens (tertiary/aromatic N) is 4. The molecule has 12 heteroatoms. The van der Waals surface area contributed by atoms with Crippen LogP contribution in [-0.4, -0.2) is 120 Å². The number of allylic oxidation sites excluding steroid dienone is 2. The van der Waals surface area contributed by atoms with Crippen LogP contribution in [0.4, 0.5) is 4.39 Å². The fourth-order valence-electron chi connectivity index (χ4n) is 6.76. The van der Waals surface area contributed by atoms with Crippen molar-refractivity contribution in [3.05, 3.63) is 53.8 Å². The summed E-state index contributed by atoms with van der Waals surface area (Å²) < 4.78 is 26.5. The maximum absolute atomic E-state index is 14.8. The lowest BCUT2D eigenvalue weighted by Gasteiger charge is -2.38. The molecule has 2 saturated heterocycles. The van der Waals surface area contributed by atoms with Gasteiger partial charge in [-0.05, 0) is 65.9 Å². The number of piperidine rings is 1. The van der Waals surface area contributed by atoms with E-state index in [0.29, 0.717) is 25.4 Å². The minimum Gasteiger partial charge on any atom is -0.460 e. The van der Waals surface area contributed by atoms with Gasteiger partial charge in [0.25, 0.3) is 5.91 Å². The molecule has 11 nitrogen and oxygen atoms in total. The Labute approximate surface area is 277 Å². The van der Waals surface area contributed by atoms with Crippen molar-refractivity contribution in [1.29, 1.82) is 0 Å². The molecule has 0 saturated carbocycles. The van der Waals surface area contributed by atoms with Crippen LogP contribution in [0.2, 0.25) is 0 Å². The summed E-state index contributed by atoms with van der Waals surface area (Å²) >= 11 is 0. The lowest BCUT2D eigenvalue weighted by atomic mass is 9.91. The van der Waals surface area contributed by atoms with Gasteiger partial charge in [-0.1, -0.05) is 43.7 Å². The first-order chi connectivity index (χ1) is 22.4. The Morgan fingerprint density at radius 1 is 1.15 bits per heavy atom. The number of aliphatic hydroxyl groups excluding tert-OH is 1. The molecule has 2 amide bonds. The van der Waals surface area contributed by atoms with Gasteiger partial charge in [0, 0.05) is 43.9 Å². The Morgan fingerprint density at radius 2 is 1.89 bits per heavy atom. The Hall–Kier alpha value is -3.35. The Balaban J connectivity index is 1.55. The zero-order chi connectivity index (χ0) is 34.1. The Morgan fingerprint density at radius 3 is 2.62 bits per heavy atom. The van der Waals surface area contributed by atoms with Gasteiger partial charge in [-0.2, -0.15) is 0 Å². The molecule has 3 aliphatic rings. The van der Waals surface area contributed by atoms with E-state index in [1.807, 2.05) is 6.92 Å². The molecular weight excluding hydrogens is 605 g/mol. The molecule has 2 bridgehead atoms. The maximum atomic E-state index is 14.8. The summed E-state index contributed by atoms with van der Waals surface area (Å²) in [5.74, 6) is -1.53. The Bertz CT molecular complexity index is 1300. The van der Waals surface area contributed by atoms with Crippen LogP contribution in [0.3, 0.4) is 0 Å². The lowest BCUT2D eigenvalue weighted by Crippen LogP contribution is -2.47. The molecule has 2 N–H and O–H groups in total. The number of cyclic esters (lactones) is 1. The second-order valence-corrected chi connectivity index (χ2v) is 13.5. The number of rotatable bonds is 4. The number of halogens is 1. The van der Waals surface area contributed by atoms with Crippen molar-refractivity contribution in [1.82, 2.24) is 25.0 Å². The minimum atomic E-state index is -1.46. The third-order valence-electron chi connectivity index (χ3n) is 9.40. The summed E-state index contributed by atoms with van der Waals surface area (Å²) in [6, 6.07) is -0.241. The summed E-state index contributed by atoms with van der Waals surface area (Å²) in [5, 5.41) is 13.2. The number of nitrogens with one attached hydrogen (secondary N) is 1. The van der Waals surface area contributed by atoms with Crippen LogP contribution >= 0.6 is 0 Å². The normalized spacial score (nSPS) is 31.4. The monoisotopic (exact) mass is 657 g/mol. The second kappa shape index (κ2) is 17.2. The van der Waals surface area contributed by atoms with E-state index in [0.717, 1.165) is 38.0 Å². The molecule has 4 heterocycles. The molecular formula is C35H52FN5O6. The first kappa shape index (κ1) is 36.5. The van der Waals surface area contributed by atoms with Gasteiger partial charge in [0.05, 0.1) is 12.5 Å². The van der Waals surface area contributed by atoms with Gasteiger partial charge in [0.1, 0.15) is 24.6 Å². The average Bonchev–Trinajstić information content (AvgIpc) is 3.70.